The predicted octanol–water partition coefficient (Wildman–Crippen LogP) is 3.83. The Morgan fingerprint density at radius 1 is 1.40 bits per heavy atom. The highest BCUT2D eigenvalue weighted by molar-refractivity contribution is 5.20. The number of ether oxygens (including phenoxy) is 1. The largest absolute Gasteiger partial charge is 0.494 e. The lowest BCUT2D eigenvalue weighted by atomic mass is 9.86. The van der Waals surface area contributed by atoms with Crippen molar-refractivity contribution in [2.45, 2.75) is 32.9 Å². The van der Waals surface area contributed by atoms with Crippen molar-refractivity contribution in [2.24, 2.45) is 5.41 Å². The van der Waals surface area contributed by atoms with Gasteiger partial charge in [0.15, 0.2) is 0 Å². The number of hydrogen-bond acceptors (Lipinski definition) is 1. The Labute approximate surface area is 87.6 Å². The molecule has 0 radical (unpaired) electrons. The van der Waals surface area contributed by atoms with Gasteiger partial charge in [-0.3, -0.25) is 0 Å². The fourth-order valence-electron chi connectivity index (χ4n) is 1.20. The molecular formula is C11H15F3O. The summed E-state index contributed by atoms with van der Waals surface area (Å²) in [6, 6.07) is 0. The lowest BCUT2D eigenvalue weighted by Crippen LogP contribution is -2.13. The topological polar surface area (TPSA) is 9.23 Å². The molecule has 0 saturated carbocycles. The second kappa shape index (κ2) is 4.29. The number of halogens is 3. The van der Waals surface area contributed by atoms with E-state index >= 15 is 0 Å². The van der Waals surface area contributed by atoms with Gasteiger partial charge < -0.3 is 4.74 Å². The molecule has 1 aliphatic carbocycles. The molecule has 1 nitrogen and oxygen atoms in total. The molecule has 1 rings (SSSR count). The zero-order valence-electron chi connectivity index (χ0n) is 8.90. The summed E-state index contributed by atoms with van der Waals surface area (Å²) in [6.07, 6.45) is 1.27. The lowest BCUT2D eigenvalue weighted by molar-refractivity contribution is -0.142. The Kier molecular flexibility index (Phi) is 3.47. The van der Waals surface area contributed by atoms with E-state index in [1.54, 1.807) is 6.08 Å². The van der Waals surface area contributed by atoms with E-state index in [-0.39, 0.29) is 12.0 Å². The molecule has 0 bridgehead atoms. The molecular weight excluding hydrogens is 205 g/mol. The molecule has 0 saturated heterocycles. The van der Waals surface area contributed by atoms with E-state index in [4.69, 9.17) is 4.74 Å². The van der Waals surface area contributed by atoms with E-state index in [0.717, 1.165) is 6.42 Å². The van der Waals surface area contributed by atoms with Crippen molar-refractivity contribution >= 4 is 0 Å². The fraction of sp³-hybridized carbons (Fsp3) is 0.636. The first-order chi connectivity index (χ1) is 6.79. The molecule has 4 heteroatoms. The van der Waals surface area contributed by atoms with Gasteiger partial charge in [0.25, 0.3) is 0 Å². The SMILES string of the molecule is CC1(C)C=CC(OCCC(F)(F)F)=CC1. The highest BCUT2D eigenvalue weighted by Crippen LogP contribution is 2.29. The van der Waals surface area contributed by atoms with Gasteiger partial charge in [-0.05, 0) is 24.0 Å². The molecule has 0 fully saturated rings. The minimum absolute atomic E-state index is 0.0802. The quantitative estimate of drug-likeness (QED) is 0.702. The third kappa shape index (κ3) is 4.91. The fourth-order valence-corrected chi connectivity index (χ4v) is 1.20. The van der Waals surface area contributed by atoms with Gasteiger partial charge in [0.2, 0.25) is 0 Å². The Balaban J connectivity index is 2.31. The molecule has 0 unspecified atom stereocenters. The summed E-state index contributed by atoms with van der Waals surface area (Å²) in [4.78, 5) is 0. The van der Waals surface area contributed by atoms with Gasteiger partial charge in [0.1, 0.15) is 5.76 Å². The first-order valence-electron chi connectivity index (χ1n) is 4.87. The van der Waals surface area contributed by atoms with Gasteiger partial charge >= 0.3 is 6.18 Å². The zero-order valence-corrected chi connectivity index (χ0v) is 8.90. The van der Waals surface area contributed by atoms with Crippen molar-refractivity contribution in [2.75, 3.05) is 6.61 Å². The van der Waals surface area contributed by atoms with E-state index in [2.05, 4.69) is 13.8 Å². The average Bonchev–Trinajstić information content (AvgIpc) is 2.06. The van der Waals surface area contributed by atoms with Crippen LogP contribution in [0.3, 0.4) is 0 Å². The van der Waals surface area contributed by atoms with Crippen LogP contribution in [0.2, 0.25) is 0 Å². The van der Waals surface area contributed by atoms with Crippen molar-refractivity contribution in [1.82, 2.24) is 0 Å². The summed E-state index contributed by atoms with van der Waals surface area (Å²) in [6.45, 7) is 3.82. The van der Waals surface area contributed by atoms with Gasteiger partial charge in [0, 0.05) is 0 Å². The third-order valence-corrected chi connectivity index (χ3v) is 2.18. The molecule has 0 aliphatic heterocycles. The Morgan fingerprint density at radius 2 is 2.07 bits per heavy atom. The molecule has 0 spiro atoms. The van der Waals surface area contributed by atoms with Gasteiger partial charge in [-0.1, -0.05) is 19.9 Å². The number of hydrogen-bond donors (Lipinski definition) is 0. The molecule has 1 aliphatic rings. The summed E-state index contributed by atoms with van der Waals surface area (Å²) in [5.41, 5.74) is 0.0802. The van der Waals surface area contributed by atoms with Crippen molar-refractivity contribution in [1.29, 1.82) is 0 Å². The third-order valence-electron chi connectivity index (χ3n) is 2.18. The van der Waals surface area contributed by atoms with Crippen LogP contribution in [0, 0.1) is 5.41 Å². The Bertz CT molecular complexity index is 274. The van der Waals surface area contributed by atoms with Crippen molar-refractivity contribution in [3.63, 3.8) is 0 Å². The van der Waals surface area contributed by atoms with Crippen LogP contribution in [0.25, 0.3) is 0 Å². The Morgan fingerprint density at radius 3 is 2.53 bits per heavy atom. The molecule has 0 heterocycles. The number of alkyl halides is 3. The highest BCUT2D eigenvalue weighted by Gasteiger charge is 2.27. The molecule has 86 valence electrons. The van der Waals surface area contributed by atoms with Crippen LogP contribution >= 0.6 is 0 Å². The molecule has 0 N–H and O–H groups in total. The van der Waals surface area contributed by atoms with E-state index < -0.39 is 12.6 Å². The van der Waals surface area contributed by atoms with Gasteiger partial charge in [-0.25, -0.2) is 0 Å². The second-order valence-electron chi connectivity index (χ2n) is 4.35. The minimum atomic E-state index is -4.14. The molecule has 0 atom stereocenters. The maximum Gasteiger partial charge on any atom is 0.392 e. The lowest BCUT2D eigenvalue weighted by Gasteiger charge is -2.22. The maximum atomic E-state index is 11.8. The van der Waals surface area contributed by atoms with Crippen LogP contribution in [0.5, 0.6) is 0 Å². The summed E-state index contributed by atoms with van der Waals surface area (Å²) < 4.78 is 40.5. The normalized spacial score (nSPS) is 19.9. The van der Waals surface area contributed by atoms with E-state index in [1.807, 2.05) is 12.2 Å². The predicted molar refractivity (Wildman–Crippen MR) is 52.2 cm³/mol. The van der Waals surface area contributed by atoms with E-state index in [9.17, 15) is 13.2 Å². The van der Waals surface area contributed by atoms with Crippen LogP contribution in [0.15, 0.2) is 24.0 Å². The van der Waals surface area contributed by atoms with Crippen LogP contribution in [-0.2, 0) is 4.74 Å². The van der Waals surface area contributed by atoms with Crippen LogP contribution in [0.4, 0.5) is 13.2 Å². The van der Waals surface area contributed by atoms with Gasteiger partial charge in [-0.15, -0.1) is 0 Å². The standard InChI is InChI=1S/C11H15F3O/c1-10(2)5-3-9(4-6-10)15-8-7-11(12,13)14/h3-5H,6-8H2,1-2H3. The summed E-state index contributed by atoms with van der Waals surface area (Å²) in [5.74, 6) is 0.540. The number of allylic oxidation sites excluding steroid dienone is 3. The molecule has 0 aromatic heterocycles. The van der Waals surface area contributed by atoms with Crippen molar-refractivity contribution in [3.8, 4) is 0 Å². The van der Waals surface area contributed by atoms with Crippen LogP contribution in [0.1, 0.15) is 26.7 Å². The van der Waals surface area contributed by atoms with Crippen molar-refractivity contribution < 1.29 is 17.9 Å². The molecule has 15 heavy (non-hydrogen) atoms. The Hall–Kier alpha value is -0.930. The monoisotopic (exact) mass is 220 g/mol. The minimum Gasteiger partial charge on any atom is -0.494 e. The smallest absolute Gasteiger partial charge is 0.392 e. The summed E-state index contributed by atoms with van der Waals surface area (Å²) >= 11 is 0. The average molecular weight is 220 g/mol. The van der Waals surface area contributed by atoms with Gasteiger partial charge in [0.05, 0.1) is 13.0 Å². The zero-order chi connectivity index (χ0) is 11.5. The molecule has 0 aromatic carbocycles. The van der Waals surface area contributed by atoms with Gasteiger partial charge in [-0.2, -0.15) is 13.2 Å². The molecule has 0 aromatic rings. The molecule has 0 amide bonds. The van der Waals surface area contributed by atoms with E-state index in [0.29, 0.717) is 5.76 Å². The summed E-state index contributed by atoms with van der Waals surface area (Å²) in [7, 11) is 0. The summed E-state index contributed by atoms with van der Waals surface area (Å²) in [5, 5.41) is 0. The maximum absolute atomic E-state index is 11.8. The number of rotatable bonds is 3. The first kappa shape index (κ1) is 12.1. The van der Waals surface area contributed by atoms with Crippen LogP contribution < -0.4 is 0 Å². The van der Waals surface area contributed by atoms with Crippen LogP contribution in [-0.4, -0.2) is 12.8 Å². The highest BCUT2D eigenvalue weighted by atomic mass is 19.4. The second-order valence-corrected chi connectivity index (χ2v) is 4.35. The van der Waals surface area contributed by atoms with Crippen molar-refractivity contribution in [3.05, 3.63) is 24.0 Å². The van der Waals surface area contributed by atoms with E-state index in [1.165, 1.54) is 0 Å². The first-order valence-corrected chi connectivity index (χ1v) is 4.87.